The van der Waals surface area contributed by atoms with Gasteiger partial charge in [-0.25, -0.2) is 9.67 Å². The summed E-state index contributed by atoms with van der Waals surface area (Å²) in [6.45, 7) is 4.71. The van der Waals surface area contributed by atoms with Crippen molar-refractivity contribution in [1.29, 1.82) is 0 Å². The summed E-state index contributed by atoms with van der Waals surface area (Å²) in [6, 6.07) is 12.9. The summed E-state index contributed by atoms with van der Waals surface area (Å²) in [4.78, 5) is 18.2. The van der Waals surface area contributed by atoms with Gasteiger partial charge in [0.05, 0.1) is 11.2 Å². The Morgan fingerprint density at radius 1 is 1.22 bits per heavy atom. The third-order valence-corrected chi connectivity index (χ3v) is 5.35. The van der Waals surface area contributed by atoms with Crippen LogP contribution in [0.25, 0.3) is 22.3 Å². The first-order valence-corrected chi connectivity index (χ1v) is 9.62. The predicted octanol–water partition coefficient (Wildman–Crippen LogP) is 4.79. The molecule has 0 radical (unpaired) electrons. The third-order valence-electron chi connectivity index (χ3n) is 4.21. The van der Waals surface area contributed by atoms with E-state index < -0.39 is 0 Å². The van der Waals surface area contributed by atoms with Crippen molar-refractivity contribution >= 4 is 45.0 Å². The van der Waals surface area contributed by atoms with Crippen LogP contribution in [0.5, 0.6) is 0 Å². The van der Waals surface area contributed by atoms with Gasteiger partial charge in [-0.3, -0.25) is 10.1 Å². The van der Waals surface area contributed by atoms with Crippen LogP contribution in [0.1, 0.15) is 22.2 Å². The molecule has 0 aliphatic rings. The van der Waals surface area contributed by atoms with E-state index in [-0.39, 0.29) is 5.91 Å². The summed E-state index contributed by atoms with van der Waals surface area (Å²) in [5, 5.41) is 12.3. The maximum atomic E-state index is 12.6. The van der Waals surface area contributed by atoms with Crippen molar-refractivity contribution in [3.05, 3.63) is 57.9 Å². The molecule has 6 nitrogen and oxygen atoms in total. The fourth-order valence-electron chi connectivity index (χ4n) is 2.84. The van der Waals surface area contributed by atoms with Crippen molar-refractivity contribution in [1.82, 2.24) is 20.0 Å². The zero-order valence-corrected chi connectivity index (χ0v) is 16.3. The van der Waals surface area contributed by atoms with Crippen molar-refractivity contribution in [2.75, 3.05) is 5.32 Å². The molecular weight excluding hydrogens is 382 g/mol. The summed E-state index contributed by atoms with van der Waals surface area (Å²) >= 11 is 7.39. The van der Waals surface area contributed by atoms with E-state index >= 15 is 0 Å². The highest BCUT2D eigenvalue weighted by Crippen LogP contribution is 2.31. The fraction of sp³-hybridized carbons (Fsp3) is 0.158. The normalized spacial score (nSPS) is 11.1. The van der Waals surface area contributed by atoms with Gasteiger partial charge < -0.3 is 0 Å². The van der Waals surface area contributed by atoms with Crippen LogP contribution >= 0.6 is 22.9 Å². The Bertz CT molecular complexity index is 1130. The number of anilines is 1. The van der Waals surface area contributed by atoms with Crippen LogP contribution < -0.4 is 5.32 Å². The maximum absolute atomic E-state index is 12.6. The first kappa shape index (κ1) is 17.6. The van der Waals surface area contributed by atoms with Crippen LogP contribution in [0, 0.1) is 6.92 Å². The first-order chi connectivity index (χ1) is 13.0. The van der Waals surface area contributed by atoms with Crippen molar-refractivity contribution in [3.63, 3.8) is 0 Å². The van der Waals surface area contributed by atoms with Gasteiger partial charge in [0.2, 0.25) is 0 Å². The molecule has 0 atom stereocenters. The Balaban J connectivity index is 1.58. The zero-order valence-electron chi connectivity index (χ0n) is 14.7. The first-order valence-electron chi connectivity index (χ1n) is 8.43. The molecule has 0 aliphatic carbocycles. The lowest BCUT2D eigenvalue weighted by atomic mass is 10.1. The summed E-state index contributed by atoms with van der Waals surface area (Å²) in [7, 11) is 0. The number of nitrogens with zero attached hydrogens (tertiary/aromatic N) is 4. The van der Waals surface area contributed by atoms with Crippen molar-refractivity contribution in [3.8, 4) is 11.3 Å². The minimum absolute atomic E-state index is 0.223. The molecule has 1 N–H and O–H groups in total. The standard InChI is InChI=1S/C19H16ClN5OS/c1-3-25-16-9-6-13(10-15(16)23-24-25)18(26)22-19-21-17(11(2)27-19)12-4-7-14(20)8-5-12/h4-10H,3H2,1-2H3,(H,21,22,26). The minimum Gasteiger partial charge on any atom is -0.298 e. The average Bonchev–Trinajstić information content (AvgIpc) is 3.24. The third kappa shape index (κ3) is 3.43. The van der Waals surface area contributed by atoms with Gasteiger partial charge in [0.25, 0.3) is 5.91 Å². The van der Waals surface area contributed by atoms with Crippen LogP contribution in [0.3, 0.4) is 0 Å². The topological polar surface area (TPSA) is 72.7 Å². The number of carbonyl (C=O) groups excluding carboxylic acids is 1. The Morgan fingerprint density at radius 2 is 2.00 bits per heavy atom. The molecule has 0 fully saturated rings. The molecule has 0 saturated carbocycles. The molecule has 2 aromatic carbocycles. The van der Waals surface area contributed by atoms with E-state index in [0.717, 1.165) is 28.2 Å². The summed E-state index contributed by atoms with van der Waals surface area (Å²) in [5.41, 5.74) is 3.93. The van der Waals surface area contributed by atoms with Crippen LogP contribution in [0.15, 0.2) is 42.5 Å². The smallest absolute Gasteiger partial charge is 0.257 e. The Labute approximate surface area is 164 Å². The lowest BCUT2D eigenvalue weighted by Gasteiger charge is -2.02. The summed E-state index contributed by atoms with van der Waals surface area (Å²) in [5.74, 6) is -0.223. The molecule has 0 spiro atoms. The van der Waals surface area contributed by atoms with Gasteiger partial charge in [0, 0.05) is 27.6 Å². The number of thiazole rings is 1. The molecule has 27 heavy (non-hydrogen) atoms. The van der Waals surface area contributed by atoms with E-state index in [4.69, 9.17) is 11.6 Å². The monoisotopic (exact) mass is 397 g/mol. The molecule has 4 aromatic rings. The number of halogens is 1. The van der Waals surface area contributed by atoms with Gasteiger partial charge in [0.1, 0.15) is 5.52 Å². The second-order valence-electron chi connectivity index (χ2n) is 5.99. The summed E-state index contributed by atoms with van der Waals surface area (Å²) in [6.07, 6.45) is 0. The van der Waals surface area contributed by atoms with Crippen molar-refractivity contribution in [2.45, 2.75) is 20.4 Å². The number of amides is 1. The number of rotatable bonds is 4. The molecule has 1 amide bonds. The molecule has 4 rings (SSSR count). The highest BCUT2D eigenvalue weighted by atomic mass is 35.5. The van der Waals surface area contributed by atoms with Gasteiger partial charge in [-0.1, -0.05) is 28.9 Å². The lowest BCUT2D eigenvalue weighted by Crippen LogP contribution is -2.11. The zero-order chi connectivity index (χ0) is 19.0. The lowest BCUT2D eigenvalue weighted by molar-refractivity contribution is 0.102. The largest absolute Gasteiger partial charge is 0.298 e. The molecule has 0 bridgehead atoms. The number of nitrogens with one attached hydrogen (secondary N) is 1. The average molecular weight is 398 g/mol. The van der Waals surface area contributed by atoms with E-state index in [0.29, 0.717) is 21.2 Å². The van der Waals surface area contributed by atoms with E-state index in [2.05, 4.69) is 20.6 Å². The summed E-state index contributed by atoms with van der Waals surface area (Å²) < 4.78 is 1.79. The fourth-order valence-corrected chi connectivity index (χ4v) is 3.80. The maximum Gasteiger partial charge on any atom is 0.257 e. The van der Waals surface area contributed by atoms with E-state index in [1.807, 2.05) is 44.2 Å². The van der Waals surface area contributed by atoms with Crippen LogP contribution in [-0.2, 0) is 6.54 Å². The number of aryl methyl sites for hydroxylation is 2. The molecule has 136 valence electrons. The number of fused-ring (bicyclic) bond motifs is 1. The van der Waals surface area contributed by atoms with E-state index in [1.54, 1.807) is 16.8 Å². The molecule has 0 saturated heterocycles. The van der Waals surface area contributed by atoms with Gasteiger partial charge >= 0.3 is 0 Å². The highest BCUT2D eigenvalue weighted by Gasteiger charge is 2.14. The van der Waals surface area contributed by atoms with E-state index in [9.17, 15) is 4.79 Å². The van der Waals surface area contributed by atoms with Crippen LogP contribution in [-0.4, -0.2) is 25.9 Å². The molecule has 8 heteroatoms. The van der Waals surface area contributed by atoms with Gasteiger partial charge in [0.15, 0.2) is 5.13 Å². The van der Waals surface area contributed by atoms with Gasteiger partial charge in [-0.15, -0.1) is 16.4 Å². The van der Waals surface area contributed by atoms with Crippen LogP contribution in [0.4, 0.5) is 5.13 Å². The van der Waals surface area contributed by atoms with Crippen molar-refractivity contribution in [2.24, 2.45) is 0 Å². The van der Waals surface area contributed by atoms with Crippen LogP contribution in [0.2, 0.25) is 5.02 Å². The second-order valence-corrected chi connectivity index (χ2v) is 7.63. The number of carbonyl (C=O) groups is 1. The Morgan fingerprint density at radius 3 is 2.74 bits per heavy atom. The molecule has 2 heterocycles. The predicted molar refractivity (Wildman–Crippen MR) is 108 cm³/mol. The Kier molecular flexibility index (Phi) is 4.63. The molecule has 2 aromatic heterocycles. The van der Waals surface area contributed by atoms with E-state index in [1.165, 1.54) is 11.3 Å². The van der Waals surface area contributed by atoms with Gasteiger partial charge in [-0.05, 0) is 44.2 Å². The second kappa shape index (κ2) is 7.09. The molecular formula is C19H16ClN5OS. The number of hydrogen-bond acceptors (Lipinski definition) is 5. The number of aromatic nitrogens is 4. The van der Waals surface area contributed by atoms with Gasteiger partial charge in [-0.2, -0.15) is 0 Å². The minimum atomic E-state index is -0.223. The molecule has 0 aliphatic heterocycles. The molecule has 0 unspecified atom stereocenters. The quantitative estimate of drug-likeness (QED) is 0.537. The number of hydrogen-bond donors (Lipinski definition) is 1. The Hall–Kier alpha value is -2.77. The SMILES string of the molecule is CCn1nnc2cc(C(=O)Nc3nc(-c4ccc(Cl)cc4)c(C)s3)ccc21. The highest BCUT2D eigenvalue weighted by molar-refractivity contribution is 7.16. The van der Waals surface area contributed by atoms with Crippen molar-refractivity contribution < 1.29 is 4.79 Å². The number of benzene rings is 2.